The van der Waals surface area contributed by atoms with Crippen molar-refractivity contribution in [3.8, 4) is 11.5 Å². The van der Waals surface area contributed by atoms with Crippen LogP contribution in [0.25, 0.3) is 0 Å². The summed E-state index contributed by atoms with van der Waals surface area (Å²) in [5.41, 5.74) is 13.2. The van der Waals surface area contributed by atoms with E-state index in [-0.39, 0.29) is 11.9 Å². The fourth-order valence-corrected chi connectivity index (χ4v) is 4.52. The number of rotatable bonds is 17. The number of carbonyl (C=O) groups is 2. The predicted molar refractivity (Wildman–Crippen MR) is 165 cm³/mol. The monoisotopic (exact) mass is 636 g/mol. The van der Waals surface area contributed by atoms with Crippen molar-refractivity contribution in [1.29, 1.82) is 0 Å². The molecule has 9 nitrogen and oxygen atoms in total. The van der Waals surface area contributed by atoms with Crippen molar-refractivity contribution in [1.82, 2.24) is 5.32 Å². The molecule has 0 saturated heterocycles. The number of hydrogen-bond acceptors (Lipinski definition) is 6. The van der Waals surface area contributed by atoms with Gasteiger partial charge in [0, 0.05) is 13.0 Å². The van der Waals surface area contributed by atoms with Crippen LogP contribution in [0.1, 0.15) is 49.7 Å². The maximum absolute atomic E-state index is 12.5. The number of nitrogens with one attached hydrogen (secondary N) is 1. The van der Waals surface area contributed by atoms with Gasteiger partial charge in [0.2, 0.25) is 5.91 Å². The van der Waals surface area contributed by atoms with Gasteiger partial charge >= 0.3 is 12.1 Å². The number of nitrogens with two attached hydrogens (primary N) is 2. The SMILES string of the molecule is NC(N)=NC(Cc1ccsc1)C(=O)NCCCCCCCCOc1ccc(OCc2ccccc2)cc1.O=C(O)C(F)(F)F. The number of alkyl halides is 3. The molecule has 2 aromatic carbocycles. The molecule has 0 bridgehead atoms. The average Bonchev–Trinajstić information content (AvgIpc) is 3.50. The molecule has 1 unspecified atom stereocenters. The Hall–Kier alpha value is -4.26. The van der Waals surface area contributed by atoms with E-state index in [2.05, 4.69) is 22.4 Å². The van der Waals surface area contributed by atoms with E-state index in [0.717, 1.165) is 61.2 Å². The lowest BCUT2D eigenvalue weighted by Crippen LogP contribution is -2.38. The van der Waals surface area contributed by atoms with Crippen molar-refractivity contribution < 1.29 is 37.3 Å². The topological polar surface area (TPSA) is 149 Å². The van der Waals surface area contributed by atoms with Crippen LogP contribution in [-0.4, -0.2) is 48.3 Å². The van der Waals surface area contributed by atoms with Crippen LogP contribution in [0.5, 0.6) is 11.5 Å². The predicted octanol–water partition coefficient (Wildman–Crippen LogP) is 5.68. The Bertz CT molecular complexity index is 1250. The van der Waals surface area contributed by atoms with E-state index in [4.69, 9.17) is 30.8 Å². The van der Waals surface area contributed by atoms with Crippen molar-refractivity contribution in [2.24, 2.45) is 16.5 Å². The third-order valence-corrected chi connectivity index (χ3v) is 6.80. The molecule has 1 amide bonds. The summed E-state index contributed by atoms with van der Waals surface area (Å²) >= 11 is 1.59. The first-order valence-corrected chi connectivity index (χ1v) is 15.1. The summed E-state index contributed by atoms with van der Waals surface area (Å²) in [5, 5.41) is 14.1. The normalized spacial score (nSPS) is 11.4. The second-order valence-corrected chi connectivity index (χ2v) is 10.5. The number of aliphatic carboxylic acids is 1. The van der Waals surface area contributed by atoms with Crippen LogP contribution in [0.4, 0.5) is 13.2 Å². The fraction of sp³-hybridized carbons (Fsp3) is 0.387. The molecule has 240 valence electrons. The number of carboxylic acids is 1. The summed E-state index contributed by atoms with van der Waals surface area (Å²) in [6.45, 7) is 1.89. The smallest absolute Gasteiger partial charge is 0.490 e. The number of aliphatic imine (C=N–C) groups is 1. The Morgan fingerprint density at radius 3 is 2.02 bits per heavy atom. The molecule has 0 saturated carbocycles. The first kappa shape index (κ1) is 35.9. The summed E-state index contributed by atoms with van der Waals surface area (Å²) in [5.74, 6) is -1.26. The van der Waals surface area contributed by atoms with Gasteiger partial charge in [0.1, 0.15) is 24.1 Å². The Labute approximate surface area is 259 Å². The van der Waals surface area contributed by atoms with Gasteiger partial charge < -0.3 is 31.4 Å². The molecule has 6 N–H and O–H groups in total. The number of halogens is 3. The second kappa shape index (κ2) is 19.8. The van der Waals surface area contributed by atoms with E-state index in [1.54, 1.807) is 11.3 Å². The van der Waals surface area contributed by atoms with Crippen molar-refractivity contribution in [3.63, 3.8) is 0 Å². The Morgan fingerprint density at radius 2 is 1.45 bits per heavy atom. The Morgan fingerprint density at radius 1 is 0.864 bits per heavy atom. The highest BCUT2D eigenvalue weighted by Gasteiger charge is 2.38. The number of guanidine groups is 1. The van der Waals surface area contributed by atoms with E-state index in [1.807, 2.05) is 59.3 Å². The third-order valence-electron chi connectivity index (χ3n) is 6.07. The molecule has 1 heterocycles. The summed E-state index contributed by atoms with van der Waals surface area (Å²) in [7, 11) is 0. The number of amides is 1. The molecule has 44 heavy (non-hydrogen) atoms. The molecule has 1 aromatic heterocycles. The van der Waals surface area contributed by atoms with E-state index in [0.29, 0.717) is 26.2 Å². The van der Waals surface area contributed by atoms with Gasteiger partial charge in [-0.15, -0.1) is 0 Å². The highest BCUT2D eigenvalue weighted by Crippen LogP contribution is 2.19. The van der Waals surface area contributed by atoms with Crippen molar-refractivity contribution in [3.05, 3.63) is 82.6 Å². The van der Waals surface area contributed by atoms with Crippen LogP contribution >= 0.6 is 11.3 Å². The van der Waals surface area contributed by atoms with Gasteiger partial charge in [-0.05, 0) is 65.1 Å². The van der Waals surface area contributed by atoms with Crippen molar-refractivity contribution in [2.75, 3.05) is 13.2 Å². The molecule has 0 radical (unpaired) electrons. The molecule has 1 atom stereocenters. The summed E-state index contributed by atoms with van der Waals surface area (Å²) in [4.78, 5) is 25.5. The van der Waals surface area contributed by atoms with Gasteiger partial charge in [-0.2, -0.15) is 24.5 Å². The standard InChI is InChI=1S/C29H38N4O3S.C2HF3O2/c30-29(31)33-27(20-24-16-19-37-22-24)28(34)32-17-8-3-1-2-4-9-18-35-25-12-14-26(15-13-25)36-21-23-10-6-5-7-11-23;3-2(4,5)1(6)7/h5-7,10-16,19,22,27H,1-4,8-9,17-18,20-21H2,(H,32,34)(H4,30,31,33);(H,6,7). The molecule has 0 aliphatic heterocycles. The van der Waals surface area contributed by atoms with Gasteiger partial charge in [0.25, 0.3) is 0 Å². The highest BCUT2D eigenvalue weighted by atomic mass is 32.1. The zero-order valence-corrected chi connectivity index (χ0v) is 25.1. The lowest BCUT2D eigenvalue weighted by molar-refractivity contribution is -0.192. The molecular weight excluding hydrogens is 597 g/mol. The number of ether oxygens (including phenoxy) is 2. The highest BCUT2D eigenvalue weighted by molar-refractivity contribution is 7.07. The first-order valence-electron chi connectivity index (χ1n) is 14.1. The maximum Gasteiger partial charge on any atom is 0.490 e. The lowest BCUT2D eigenvalue weighted by Gasteiger charge is -2.13. The molecule has 3 aromatic rings. The van der Waals surface area contributed by atoms with Crippen LogP contribution < -0.4 is 26.3 Å². The summed E-state index contributed by atoms with van der Waals surface area (Å²) < 4.78 is 43.4. The van der Waals surface area contributed by atoms with Gasteiger partial charge in [-0.25, -0.2) is 9.79 Å². The molecule has 0 fully saturated rings. The number of carboxylic acid groups (broad SMARTS) is 1. The molecule has 0 aliphatic rings. The van der Waals surface area contributed by atoms with Crippen LogP contribution in [0.15, 0.2) is 76.4 Å². The van der Waals surface area contributed by atoms with E-state index < -0.39 is 18.2 Å². The minimum absolute atomic E-state index is 0.0655. The minimum Gasteiger partial charge on any atom is -0.494 e. The molecule has 13 heteroatoms. The zero-order valence-electron chi connectivity index (χ0n) is 24.3. The number of carbonyl (C=O) groups excluding carboxylic acids is 1. The van der Waals surface area contributed by atoms with Crippen LogP contribution in [0.2, 0.25) is 0 Å². The van der Waals surface area contributed by atoms with Crippen molar-refractivity contribution >= 4 is 29.2 Å². The van der Waals surface area contributed by atoms with E-state index in [1.165, 1.54) is 0 Å². The van der Waals surface area contributed by atoms with Gasteiger partial charge in [0.05, 0.1) is 6.61 Å². The van der Waals surface area contributed by atoms with Gasteiger partial charge in [-0.3, -0.25) is 4.79 Å². The maximum atomic E-state index is 12.5. The van der Waals surface area contributed by atoms with Crippen LogP contribution in [0.3, 0.4) is 0 Å². The number of unbranched alkanes of at least 4 members (excludes halogenated alkanes) is 5. The molecular formula is C31H39F3N4O5S. The summed E-state index contributed by atoms with van der Waals surface area (Å²) in [6, 6.07) is 19.3. The number of nitrogens with zero attached hydrogens (tertiary/aromatic N) is 1. The third kappa shape index (κ3) is 15.8. The zero-order chi connectivity index (χ0) is 32.2. The summed E-state index contributed by atoms with van der Waals surface area (Å²) in [6.07, 6.45) is 1.86. The molecule has 0 aliphatic carbocycles. The quantitative estimate of drug-likeness (QED) is 0.0846. The Kier molecular flexibility index (Phi) is 16.2. The largest absolute Gasteiger partial charge is 0.494 e. The Balaban J connectivity index is 0.000000860. The molecule has 0 spiro atoms. The fourth-order valence-electron chi connectivity index (χ4n) is 3.84. The number of benzene rings is 2. The van der Waals surface area contributed by atoms with Crippen molar-refractivity contribution in [2.45, 2.75) is 63.8 Å². The number of thiophene rings is 1. The van der Waals surface area contributed by atoms with Crippen LogP contribution in [0, 0.1) is 0 Å². The van der Waals surface area contributed by atoms with Gasteiger partial charge in [-0.1, -0.05) is 56.0 Å². The molecule has 3 rings (SSSR count). The number of hydrogen-bond donors (Lipinski definition) is 4. The van der Waals surface area contributed by atoms with Gasteiger partial charge in [0.15, 0.2) is 5.96 Å². The second-order valence-electron chi connectivity index (χ2n) is 9.71. The minimum atomic E-state index is -5.08. The van der Waals surface area contributed by atoms with Crippen LogP contribution in [-0.2, 0) is 22.6 Å². The first-order chi connectivity index (χ1) is 21.0. The van der Waals surface area contributed by atoms with E-state index >= 15 is 0 Å². The lowest BCUT2D eigenvalue weighted by atomic mass is 10.1. The van der Waals surface area contributed by atoms with E-state index in [9.17, 15) is 18.0 Å². The average molecular weight is 637 g/mol.